The van der Waals surface area contributed by atoms with Gasteiger partial charge in [-0.25, -0.2) is 0 Å². The van der Waals surface area contributed by atoms with Gasteiger partial charge in [0.15, 0.2) is 0 Å². The van der Waals surface area contributed by atoms with Gasteiger partial charge in [-0.3, -0.25) is 0 Å². The van der Waals surface area contributed by atoms with E-state index in [-0.39, 0.29) is 0 Å². The standard InChI is InChI=1S/C12H22N2S/c1-12(2)6-10(13-3)9(8-14(4)5)11(15)7-12/h13H,6-8H2,1-5H3. The predicted octanol–water partition coefficient (Wildman–Crippen LogP) is 2.21. The molecule has 0 spiro atoms. The van der Waals surface area contributed by atoms with E-state index >= 15 is 0 Å². The molecule has 1 aliphatic rings. The van der Waals surface area contributed by atoms with Crippen molar-refractivity contribution in [3.05, 3.63) is 11.3 Å². The second-order valence-corrected chi connectivity index (χ2v) is 5.88. The third kappa shape index (κ3) is 3.28. The van der Waals surface area contributed by atoms with Crippen LogP contribution in [0.3, 0.4) is 0 Å². The van der Waals surface area contributed by atoms with Crippen LogP contribution in [0.1, 0.15) is 26.7 Å². The predicted molar refractivity (Wildman–Crippen MR) is 70.3 cm³/mol. The van der Waals surface area contributed by atoms with E-state index in [0.29, 0.717) is 5.41 Å². The molecule has 0 aromatic heterocycles. The quantitative estimate of drug-likeness (QED) is 0.743. The number of hydrogen-bond acceptors (Lipinski definition) is 3. The Labute approximate surface area is 98.7 Å². The van der Waals surface area contributed by atoms with Gasteiger partial charge in [-0.2, -0.15) is 0 Å². The number of rotatable bonds is 3. The summed E-state index contributed by atoms with van der Waals surface area (Å²) in [5.41, 5.74) is 2.97. The monoisotopic (exact) mass is 226 g/mol. The molecule has 0 saturated heterocycles. The molecule has 0 aliphatic heterocycles. The zero-order valence-corrected chi connectivity index (χ0v) is 11.3. The van der Waals surface area contributed by atoms with Crippen LogP contribution in [0.25, 0.3) is 0 Å². The van der Waals surface area contributed by atoms with Gasteiger partial charge in [-0.15, -0.1) is 0 Å². The number of nitrogens with zero attached hydrogens (tertiary/aromatic N) is 1. The third-order valence-electron chi connectivity index (χ3n) is 2.77. The molecule has 1 rings (SSSR count). The molecule has 1 aliphatic carbocycles. The number of hydrogen-bond donors (Lipinski definition) is 1. The van der Waals surface area contributed by atoms with Crippen LogP contribution < -0.4 is 5.32 Å². The molecule has 3 heteroatoms. The summed E-state index contributed by atoms with van der Waals surface area (Å²) in [6.45, 7) is 5.51. The molecule has 0 bridgehead atoms. The summed E-state index contributed by atoms with van der Waals surface area (Å²) in [6, 6.07) is 0. The SMILES string of the molecule is CNC1=C(CN(C)C)C(=S)CC(C)(C)C1. The molecular formula is C12H22N2S. The Morgan fingerprint density at radius 3 is 2.40 bits per heavy atom. The summed E-state index contributed by atoms with van der Waals surface area (Å²) < 4.78 is 0. The summed E-state index contributed by atoms with van der Waals surface area (Å²) in [6.07, 6.45) is 2.14. The van der Waals surface area contributed by atoms with Crippen LogP contribution in [0.15, 0.2) is 11.3 Å². The molecule has 0 aromatic carbocycles. The highest BCUT2D eigenvalue weighted by Crippen LogP contribution is 2.36. The van der Waals surface area contributed by atoms with Crippen molar-refractivity contribution in [3.63, 3.8) is 0 Å². The van der Waals surface area contributed by atoms with E-state index in [2.05, 4.69) is 38.2 Å². The second kappa shape index (κ2) is 4.62. The summed E-state index contributed by atoms with van der Waals surface area (Å²) in [4.78, 5) is 3.31. The maximum atomic E-state index is 5.51. The van der Waals surface area contributed by atoms with Crippen LogP contribution in [-0.4, -0.2) is 37.5 Å². The van der Waals surface area contributed by atoms with Crippen molar-refractivity contribution in [2.75, 3.05) is 27.7 Å². The minimum atomic E-state index is 0.311. The van der Waals surface area contributed by atoms with Crippen molar-refractivity contribution in [1.29, 1.82) is 0 Å². The number of allylic oxidation sites excluding steroid dienone is 1. The Morgan fingerprint density at radius 2 is 1.93 bits per heavy atom. The van der Waals surface area contributed by atoms with Crippen LogP contribution in [0.4, 0.5) is 0 Å². The van der Waals surface area contributed by atoms with Crippen molar-refractivity contribution in [2.45, 2.75) is 26.7 Å². The second-order valence-electron chi connectivity index (χ2n) is 5.39. The number of thiocarbonyl (C=S) groups is 1. The highest BCUT2D eigenvalue weighted by molar-refractivity contribution is 7.80. The van der Waals surface area contributed by atoms with Gasteiger partial charge in [0, 0.05) is 24.2 Å². The Balaban J connectivity index is 2.96. The van der Waals surface area contributed by atoms with Crippen LogP contribution in [0.5, 0.6) is 0 Å². The Morgan fingerprint density at radius 1 is 1.33 bits per heavy atom. The van der Waals surface area contributed by atoms with Gasteiger partial charge in [0.1, 0.15) is 0 Å². The molecule has 0 unspecified atom stereocenters. The first-order valence-corrected chi connectivity index (χ1v) is 5.84. The van der Waals surface area contributed by atoms with E-state index < -0.39 is 0 Å². The van der Waals surface area contributed by atoms with Gasteiger partial charge in [0.2, 0.25) is 0 Å². The van der Waals surface area contributed by atoms with Gasteiger partial charge in [-0.05, 0) is 37.9 Å². The van der Waals surface area contributed by atoms with E-state index in [1.54, 1.807) is 0 Å². The summed E-state index contributed by atoms with van der Waals surface area (Å²) in [5, 5.41) is 3.31. The third-order valence-corrected chi connectivity index (χ3v) is 3.16. The van der Waals surface area contributed by atoms with Crippen LogP contribution in [-0.2, 0) is 0 Å². The van der Waals surface area contributed by atoms with E-state index in [1.165, 1.54) is 11.3 Å². The average Bonchev–Trinajstić information content (AvgIpc) is 2.08. The number of nitrogens with one attached hydrogen (secondary N) is 1. The number of likely N-dealkylation sites (N-methyl/N-ethyl adjacent to an activating group) is 1. The molecule has 0 radical (unpaired) electrons. The lowest BCUT2D eigenvalue weighted by Crippen LogP contribution is -2.33. The minimum Gasteiger partial charge on any atom is -0.391 e. The molecular weight excluding hydrogens is 204 g/mol. The smallest absolute Gasteiger partial charge is 0.0255 e. The lowest BCUT2D eigenvalue weighted by Gasteiger charge is -2.34. The van der Waals surface area contributed by atoms with Crippen molar-refractivity contribution in [3.8, 4) is 0 Å². The minimum absolute atomic E-state index is 0.311. The highest BCUT2D eigenvalue weighted by atomic mass is 32.1. The fourth-order valence-corrected chi connectivity index (χ4v) is 2.67. The van der Waals surface area contributed by atoms with Gasteiger partial charge in [-0.1, -0.05) is 26.1 Å². The zero-order chi connectivity index (χ0) is 11.6. The summed E-state index contributed by atoms with van der Waals surface area (Å²) in [5.74, 6) is 0. The molecule has 0 saturated carbocycles. The van der Waals surface area contributed by atoms with E-state index in [1.807, 2.05) is 7.05 Å². The molecule has 0 atom stereocenters. The van der Waals surface area contributed by atoms with Crippen LogP contribution >= 0.6 is 12.2 Å². The van der Waals surface area contributed by atoms with E-state index in [4.69, 9.17) is 12.2 Å². The molecule has 2 nitrogen and oxygen atoms in total. The Kier molecular flexibility index (Phi) is 3.90. The van der Waals surface area contributed by atoms with Crippen LogP contribution in [0.2, 0.25) is 0 Å². The lowest BCUT2D eigenvalue weighted by molar-refractivity contribution is 0.357. The Hall–Kier alpha value is -0.410. The normalized spacial score (nSPS) is 21.1. The molecule has 0 aromatic rings. The van der Waals surface area contributed by atoms with Crippen LogP contribution in [0, 0.1) is 5.41 Å². The first-order valence-electron chi connectivity index (χ1n) is 5.43. The van der Waals surface area contributed by atoms with E-state index in [9.17, 15) is 0 Å². The maximum Gasteiger partial charge on any atom is 0.0255 e. The van der Waals surface area contributed by atoms with Crippen molar-refractivity contribution in [2.24, 2.45) is 5.41 Å². The molecule has 0 heterocycles. The van der Waals surface area contributed by atoms with Gasteiger partial charge >= 0.3 is 0 Å². The summed E-state index contributed by atoms with van der Waals surface area (Å²) >= 11 is 5.51. The van der Waals surface area contributed by atoms with Gasteiger partial charge < -0.3 is 10.2 Å². The topological polar surface area (TPSA) is 15.3 Å². The largest absolute Gasteiger partial charge is 0.391 e. The molecule has 15 heavy (non-hydrogen) atoms. The van der Waals surface area contributed by atoms with Crippen molar-refractivity contribution < 1.29 is 0 Å². The summed E-state index contributed by atoms with van der Waals surface area (Å²) in [7, 11) is 6.17. The van der Waals surface area contributed by atoms with Gasteiger partial charge in [0.05, 0.1) is 0 Å². The molecule has 0 amide bonds. The first kappa shape index (κ1) is 12.7. The van der Waals surface area contributed by atoms with Crippen molar-refractivity contribution >= 4 is 17.1 Å². The molecule has 86 valence electrons. The highest BCUT2D eigenvalue weighted by Gasteiger charge is 2.30. The van der Waals surface area contributed by atoms with Crippen molar-refractivity contribution in [1.82, 2.24) is 10.2 Å². The van der Waals surface area contributed by atoms with E-state index in [0.717, 1.165) is 24.3 Å². The van der Waals surface area contributed by atoms with Gasteiger partial charge in [0.25, 0.3) is 0 Å². The Bertz CT molecular complexity index is 290. The maximum absolute atomic E-state index is 5.51. The average molecular weight is 226 g/mol. The molecule has 0 fully saturated rings. The fraction of sp³-hybridized carbons (Fsp3) is 0.750. The fourth-order valence-electron chi connectivity index (χ4n) is 2.10. The lowest BCUT2D eigenvalue weighted by atomic mass is 9.76. The molecule has 1 N–H and O–H groups in total. The first-order chi connectivity index (χ1) is 6.85. The zero-order valence-electron chi connectivity index (χ0n) is 10.5.